The van der Waals surface area contributed by atoms with Gasteiger partial charge >= 0.3 is 0 Å². The Balaban J connectivity index is 1.36. The van der Waals surface area contributed by atoms with Gasteiger partial charge in [0, 0.05) is 5.39 Å². The maximum atomic E-state index is 12.3. The molecule has 0 saturated heterocycles. The second kappa shape index (κ2) is 9.27. The first-order valence-corrected chi connectivity index (χ1v) is 12.4. The summed E-state index contributed by atoms with van der Waals surface area (Å²) in [6.07, 6.45) is 12.0. The van der Waals surface area contributed by atoms with E-state index in [1.165, 1.54) is 43.1 Å². The van der Waals surface area contributed by atoms with E-state index in [1.54, 1.807) is 0 Å². The Hall–Kier alpha value is -1.29. The third-order valence-electron chi connectivity index (χ3n) is 6.49. The summed E-state index contributed by atoms with van der Waals surface area (Å²) in [5.41, 5.74) is 2.31. The molecule has 1 aliphatic rings. The Morgan fingerprint density at radius 2 is 1.78 bits per heavy atom. The first-order chi connectivity index (χ1) is 13.0. The van der Waals surface area contributed by atoms with E-state index in [0.717, 1.165) is 37.2 Å². The Morgan fingerprint density at radius 1 is 1.07 bits per heavy atom. The van der Waals surface area contributed by atoms with Crippen molar-refractivity contribution < 1.29 is 12.8 Å². The Bertz CT molecular complexity index is 813. The van der Waals surface area contributed by atoms with Crippen LogP contribution in [0.4, 0.5) is 0 Å². The maximum Gasteiger partial charge on any atom is 0.153 e. The molecule has 0 spiro atoms. The first-order valence-electron chi connectivity index (χ1n) is 10.7. The number of para-hydroxylation sites is 1. The Kier molecular flexibility index (Phi) is 7.02. The number of furan rings is 1. The second-order valence-corrected chi connectivity index (χ2v) is 10.9. The average Bonchev–Trinajstić information content (AvgIpc) is 3.09. The summed E-state index contributed by atoms with van der Waals surface area (Å²) in [5, 5.41) is 1.06. The van der Waals surface area contributed by atoms with Crippen LogP contribution < -0.4 is 0 Å². The zero-order chi connectivity index (χ0) is 19.3. The highest BCUT2D eigenvalue weighted by atomic mass is 32.2. The minimum absolute atomic E-state index is 0.186. The third-order valence-corrected chi connectivity index (χ3v) is 8.99. The van der Waals surface area contributed by atoms with Crippen LogP contribution in [0.25, 0.3) is 11.0 Å². The van der Waals surface area contributed by atoms with Crippen LogP contribution >= 0.6 is 0 Å². The summed E-state index contributed by atoms with van der Waals surface area (Å²) in [7, 11) is -2.90. The van der Waals surface area contributed by atoms with E-state index >= 15 is 0 Å². The van der Waals surface area contributed by atoms with Crippen molar-refractivity contribution in [2.45, 2.75) is 76.9 Å². The number of hydrogen-bond acceptors (Lipinski definition) is 3. The van der Waals surface area contributed by atoms with E-state index in [9.17, 15) is 8.42 Å². The van der Waals surface area contributed by atoms with Crippen LogP contribution in [0.5, 0.6) is 0 Å². The molecule has 0 N–H and O–H groups in total. The molecule has 0 bridgehead atoms. The van der Waals surface area contributed by atoms with Gasteiger partial charge in [0.25, 0.3) is 0 Å². The molecular weight excluding hydrogens is 356 g/mol. The molecule has 1 aliphatic carbocycles. The van der Waals surface area contributed by atoms with Crippen LogP contribution in [-0.2, 0) is 16.3 Å². The molecule has 4 heteroatoms. The summed E-state index contributed by atoms with van der Waals surface area (Å²) < 4.78 is 30.3. The van der Waals surface area contributed by atoms with Gasteiger partial charge in [0.1, 0.15) is 5.58 Å². The molecule has 1 saturated carbocycles. The zero-order valence-corrected chi connectivity index (χ0v) is 17.6. The molecule has 1 aromatic carbocycles. The van der Waals surface area contributed by atoms with Gasteiger partial charge in [0.2, 0.25) is 0 Å². The molecule has 3 nitrogen and oxygen atoms in total. The quantitative estimate of drug-likeness (QED) is 0.481. The summed E-state index contributed by atoms with van der Waals surface area (Å²) in [5.74, 6) is 1.58. The van der Waals surface area contributed by atoms with Crippen molar-refractivity contribution in [1.29, 1.82) is 0 Å². The highest BCUT2D eigenvalue weighted by Gasteiger charge is 2.27. The van der Waals surface area contributed by atoms with Crippen LogP contribution in [0.3, 0.4) is 0 Å². The molecule has 0 aliphatic heterocycles. The third kappa shape index (κ3) is 5.37. The Labute approximate surface area is 164 Å². The van der Waals surface area contributed by atoms with E-state index in [2.05, 4.69) is 12.1 Å². The smallest absolute Gasteiger partial charge is 0.153 e. The molecule has 0 radical (unpaired) electrons. The standard InChI is InChI=1S/C23H34O3S/c1-3-18(2)27(24,25)17-20-14-12-19(13-15-20)8-4-5-9-21-16-26-23-11-7-6-10-22(21)23/h6-7,10-11,16,18-20H,3-5,8-9,12-15,17H2,1-2H3. The number of benzene rings is 1. The molecule has 27 heavy (non-hydrogen) atoms. The lowest BCUT2D eigenvalue weighted by molar-refractivity contribution is 0.273. The van der Waals surface area contributed by atoms with Gasteiger partial charge in [-0.05, 0) is 62.5 Å². The first kappa shape index (κ1) is 20.4. The van der Waals surface area contributed by atoms with Crippen LogP contribution in [0.1, 0.15) is 70.8 Å². The van der Waals surface area contributed by atoms with Crippen LogP contribution in [0.15, 0.2) is 34.9 Å². The zero-order valence-electron chi connectivity index (χ0n) is 16.8. The monoisotopic (exact) mass is 390 g/mol. The molecule has 1 fully saturated rings. The summed E-state index contributed by atoms with van der Waals surface area (Å²) in [4.78, 5) is 0. The van der Waals surface area contributed by atoms with Gasteiger partial charge in [-0.3, -0.25) is 0 Å². The fraction of sp³-hybridized carbons (Fsp3) is 0.652. The van der Waals surface area contributed by atoms with Gasteiger partial charge in [-0.2, -0.15) is 0 Å². The van der Waals surface area contributed by atoms with Crippen LogP contribution in [0, 0.1) is 11.8 Å². The van der Waals surface area contributed by atoms with Crippen molar-refractivity contribution in [2.75, 3.05) is 5.75 Å². The lowest BCUT2D eigenvalue weighted by atomic mass is 9.80. The highest BCUT2D eigenvalue weighted by molar-refractivity contribution is 7.92. The Morgan fingerprint density at radius 3 is 2.52 bits per heavy atom. The van der Waals surface area contributed by atoms with Crippen molar-refractivity contribution in [2.24, 2.45) is 11.8 Å². The van der Waals surface area contributed by atoms with Crippen molar-refractivity contribution >= 4 is 20.8 Å². The fourth-order valence-electron chi connectivity index (χ4n) is 4.41. The molecule has 1 aromatic heterocycles. The molecule has 3 rings (SSSR count). The number of fused-ring (bicyclic) bond motifs is 1. The number of hydrogen-bond donors (Lipinski definition) is 0. The second-order valence-electron chi connectivity index (χ2n) is 8.44. The molecule has 1 unspecified atom stereocenters. The van der Waals surface area contributed by atoms with Gasteiger partial charge in [-0.25, -0.2) is 8.42 Å². The normalized spacial score (nSPS) is 22.1. The van der Waals surface area contributed by atoms with Gasteiger partial charge < -0.3 is 4.42 Å². The SMILES string of the molecule is CCC(C)S(=O)(=O)CC1CCC(CCCCc2coc3ccccc23)CC1. The summed E-state index contributed by atoms with van der Waals surface area (Å²) >= 11 is 0. The number of unbranched alkanes of at least 4 members (excludes halogenated alkanes) is 1. The van der Waals surface area contributed by atoms with E-state index in [4.69, 9.17) is 4.42 Å². The number of aryl methyl sites for hydroxylation is 1. The van der Waals surface area contributed by atoms with Gasteiger partial charge in [-0.1, -0.05) is 50.8 Å². The lowest BCUT2D eigenvalue weighted by Crippen LogP contribution is -2.27. The van der Waals surface area contributed by atoms with Gasteiger partial charge in [0.05, 0.1) is 17.3 Å². The maximum absolute atomic E-state index is 12.3. The largest absolute Gasteiger partial charge is 0.464 e. The number of sulfone groups is 1. The van der Waals surface area contributed by atoms with Crippen molar-refractivity contribution in [1.82, 2.24) is 0 Å². The molecule has 1 atom stereocenters. The summed E-state index contributed by atoms with van der Waals surface area (Å²) in [6, 6.07) is 8.25. The van der Waals surface area contributed by atoms with Crippen molar-refractivity contribution in [3.05, 3.63) is 36.1 Å². The van der Waals surface area contributed by atoms with Crippen LogP contribution in [0.2, 0.25) is 0 Å². The van der Waals surface area contributed by atoms with Gasteiger partial charge in [-0.15, -0.1) is 0 Å². The predicted molar refractivity (Wildman–Crippen MR) is 113 cm³/mol. The molecule has 150 valence electrons. The van der Waals surface area contributed by atoms with Gasteiger partial charge in [0.15, 0.2) is 9.84 Å². The summed E-state index contributed by atoms with van der Waals surface area (Å²) in [6.45, 7) is 3.82. The highest BCUT2D eigenvalue weighted by Crippen LogP contribution is 2.33. The molecule has 1 heterocycles. The predicted octanol–water partition coefficient (Wildman–Crippen LogP) is 6.17. The fourth-order valence-corrected chi connectivity index (χ4v) is 6.24. The minimum Gasteiger partial charge on any atom is -0.464 e. The average molecular weight is 391 g/mol. The van der Waals surface area contributed by atoms with Crippen molar-refractivity contribution in [3.8, 4) is 0 Å². The molecular formula is C23H34O3S. The van der Waals surface area contributed by atoms with Crippen LogP contribution in [-0.4, -0.2) is 19.4 Å². The molecule has 0 amide bonds. The van der Waals surface area contributed by atoms with Crippen molar-refractivity contribution in [3.63, 3.8) is 0 Å². The number of rotatable bonds is 9. The topological polar surface area (TPSA) is 47.3 Å². The van der Waals surface area contributed by atoms with E-state index in [0.29, 0.717) is 11.7 Å². The van der Waals surface area contributed by atoms with E-state index in [-0.39, 0.29) is 5.25 Å². The lowest BCUT2D eigenvalue weighted by Gasteiger charge is -2.29. The van der Waals surface area contributed by atoms with E-state index in [1.807, 2.05) is 32.2 Å². The molecule has 2 aromatic rings. The van der Waals surface area contributed by atoms with E-state index < -0.39 is 9.84 Å². The minimum atomic E-state index is -2.90.